The van der Waals surface area contributed by atoms with Crippen LogP contribution in [0.1, 0.15) is 5.56 Å². The van der Waals surface area contributed by atoms with Gasteiger partial charge in [-0.25, -0.2) is 9.97 Å². The number of pyridine rings is 1. The Bertz CT molecular complexity index is 787. The topological polar surface area (TPSA) is 76.5 Å². The molecule has 3 heterocycles. The van der Waals surface area contributed by atoms with Gasteiger partial charge in [0.05, 0.1) is 17.5 Å². The average Bonchev–Trinajstić information content (AvgIpc) is 2.69. The van der Waals surface area contributed by atoms with Crippen LogP contribution in [0.2, 0.25) is 0 Å². The van der Waals surface area contributed by atoms with Crippen molar-refractivity contribution in [3.63, 3.8) is 0 Å². The van der Waals surface area contributed by atoms with Gasteiger partial charge in [-0.3, -0.25) is 9.48 Å². The zero-order valence-electron chi connectivity index (χ0n) is 10.0. The Balaban J connectivity index is 2.28. The fourth-order valence-electron chi connectivity index (χ4n) is 1.94. The van der Waals surface area contributed by atoms with Crippen molar-refractivity contribution in [2.45, 2.75) is 6.92 Å². The summed E-state index contributed by atoms with van der Waals surface area (Å²) in [7, 11) is 1.85. The van der Waals surface area contributed by atoms with Crippen molar-refractivity contribution in [3.05, 3.63) is 40.6 Å². The highest BCUT2D eigenvalue weighted by molar-refractivity contribution is 5.76. The second-order valence-corrected chi connectivity index (χ2v) is 4.13. The van der Waals surface area contributed by atoms with Gasteiger partial charge in [-0.15, -0.1) is 0 Å². The molecule has 0 spiro atoms. The fourth-order valence-corrected chi connectivity index (χ4v) is 1.94. The monoisotopic (exact) mass is 241 g/mol. The second-order valence-electron chi connectivity index (χ2n) is 4.13. The van der Waals surface area contributed by atoms with Gasteiger partial charge in [-0.1, -0.05) is 0 Å². The van der Waals surface area contributed by atoms with Gasteiger partial charge in [0.2, 0.25) is 0 Å². The van der Waals surface area contributed by atoms with E-state index in [1.54, 1.807) is 10.7 Å². The van der Waals surface area contributed by atoms with E-state index < -0.39 is 0 Å². The second kappa shape index (κ2) is 3.76. The third-order valence-electron chi connectivity index (χ3n) is 2.74. The summed E-state index contributed by atoms with van der Waals surface area (Å²) in [4.78, 5) is 22.6. The number of aromatic amines is 1. The first-order valence-corrected chi connectivity index (χ1v) is 5.50. The minimum Gasteiger partial charge on any atom is -0.311 e. The third kappa shape index (κ3) is 1.58. The Hall–Kier alpha value is -2.50. The number of rotatable bonds is 1. The molecule has 3 rings (SSSR count). The van der Waals surface area contributed by atoms with Crippen LogP contribution in [0.25, 0.3) is 22.4 Å². The highest BCUT2D eigenvalue weighted by Crippen LogP contribution is 2.20. The van der Waals surface area contributed by atoms with Gasteiger partial charge >= 0.3 is 0 Å². The van der Waals surface area contributed by atoms with Gasteiger partial charge < -0.3 is 4.98 Å². The lowest BCUT2D eigenvalue weighted by molar-refractivity contribution is 0.769. The van der Waals surface area contributed by atoms with E-state index in [9.17, 15) is 4.79 Å². The first-order chi connectivity index (χ1) is 8.65. The maximum atomic E-state index is 11.7. The molecule has 0 radical (unpaired) electrons. The van der Waals surface area contributed by atoms with E-state index in [0.29, 0.717) is 16.7 Å². The summed E-state index contributed by atoms with van der Waals surface area (Å²) < 4.78 is 1.73. The molecule has 0 saturated heterocycles. The van der Waals surface area contributed by atoms with Crippen LogP contribution < -0.4 is 5.56 Å². The highest BCUT2D eigenvalue weighted by atomic mass is 16.1. The molecule has 0 bridgehead atoms. The molecule has 0 amide bonds. The molecule has 0 unspecified atom stereocenters. The number of nitrogens with one attached hydrogen (secondary N) is 1. The third-order valence-corrected chi connectivity index (χ3v) is 2.74. The minimum absolute atomic E-state index is 0.240. The Kier molecular flexibility index (Phi) is 2.22. The smallest absolute Gasteiger partial charge is 0.277 e. The lowest BCUT2D eigenvalue weighted by Crippen LogP contribution is -2.08. The molecule has 0 aliphatic heterocycles. The van der Waals surface area contributed by atoms with E-state index in [1.807, 2.05) is 26.2 Å². The highest BCUT2D eigenvalue weighted by Gasteiger charge is 2.10. The summed E-state index contributed by atoms with van der Waals surface area (Å²) in [6, 6.07) is 3.60. The zero-order valence-corrected chi connectivity index (χ0v) is 10.0. The maximum absolute atomic E-state index is 11.7. The molecule has 0 atom stereocenters. The van der Waals surface area contributed by atoms with E-state index in [4.69, 9.17) is 0 Å². The van der Waals surface area contributed by atoms with Gasteiger partial charge in [0.1, 0.15) is 5.69 Å². The molecule has 90 valence electrons. The van der Waals surface area contributed by atoms with E-state index in [-0.39, 0.29) is 5.56 Å². The van der Waals surface area contributed by atoms with Gasteiger partial charge in [-0.05, 0) is 24.6 Å². The summed E-state index contributed by atoms with van der Waals surface area (Å²) >= 11 is 0. The SMILES string of the molecule is Cc1cn(C)nc1-c1ccc2nc[nH]c(=O)c2n1. The Morgan fingerprint density at radius 1 is 1.33 bits per heavy atom. The predicted molar refractivity (Wildman–Crippen MR) is 67.1 cm³/mol. The molecule has 0 aromatic carbocycles. The van der Waals surface area contributed by atoms with Crippen molar-refractivity contribution in [3.8, 4) is 11.4 Å². The Morgan fingerprint density at radius 2 is 2.17 bits per heavy atom. The van der Waals surface area contributed by atoms with Crippen molar-refractivity contribution in [1.82, 2.24) is 24.7 Å². The lowest BCUT2D eigenvalue weighted by Gasteiger charge is -1.99. The first-order valence-electron chi connectivity index (χ1n) is 5.50. The molecule has 6 nitrogen and oxygen atoms in total. The summed E-state index contributed by atoms with van der Waals surface area (Å²) in [5, 5.41) is 4.34. The molecule has 3 aromatic heterocycles. The maximum Gasteiger partial charge on any atom is 0.277 e. The number of fused-ring (bicyclic) bond motifs is 1. The summed E-state index contributed by atoms with van der Waals surface area (Å²) in [6.45, 7) is 1.96. The first kappa shape index (κ1) is 10.6. The summed E-state index contributed by atoms with van der Waals surface area (Å²) in [6.07, 6.45) is 3.28. The largest absolute Gasteiger partial charge is 0.311 e. The molecule has 0 aliphatic carbocycles. The molecular formula is C12H11N5O. The quantitative estimate of drug-likeness (QED) is 0.690. The molecular weight excluding hydrogens is 230 g/mol. The van der Waals surface area contributed by atoms with Gasteiger partial charge in [0, 0.05) is 13.2 Å². The van der Waals surface area contributed by atoms with Crippen molar-refractivity contribution >= 4 is 11.0 Å². The van der Waals surface area contributed by atoms with E-state index >= 15 is 0 Å². The molecule has 0 aliphatic rings. The molecule has 0 saturated carbocycles. The minimum atomic E-state index is -0.240. The molecule has 0 fully saturated rings. The van der Waals surface area contributed by atoms with Crippen LogP contribution in [-0.4, -0.2) is 24.7 Å². The Morgan fingerprint density at radius 3 is 2.89 bits per heavy atom. The van der Waals surface area contributed by atoms with Crippen LogP contribution in [-0.2, 0) is 7.05 Å². The molecule has 18 heavy (non-hydrogen) atoms. The Labute approximate surface area is 102 Å². The van der Waals surface area contributed by atoms with Crippen LogP contribution in [0.15, 0.2) is 29.5 Å². The number of aromatic nitrogens is 5. The van der Waals surface area contributed by atoms with Gasteiger partial charge in [0.15, 0.2) is 5.52 Å². The number of H-pyrrole nitrogens is 1. The fraction of sp³-hybridized carbons (Fsp3) is 0.167. The van der Waals surface area contributed by atoms with Crippen LogP contribution >= 0.6 is 0 Å². The number of aryl methyl sites for hydroxylation is 2. The van der Waals surface area contributed by atoms with Crippen molar-refractivity contribution in [1.29, 1.82) is 0 Å². The van der Waals surface area contributed by atoms with Crippen LogP contribution in [0, 0.1) is 6.92 Å². The van der Waals surface area contributed by atoms with Crippen LogP contribution in [0.3, 0.4) is 0 Å². The predicted octanol–water partition coefficient (Wildman–Crippen LogP) is 1.03. The summed E-state index contributed by atoms with van der Waals surface area (Å²) in [5.41, 5.74) is 3.15. The summed E-state index contributed by atoms with van der Waals surface area (Å²) in [5.74, 6) is 0. The lowest BCUT2D eigenvalue weighted by atomic mass is 10.2. The number of hydrogen-bond acceptors (Lipinski definition) is 4. The van der Waals surface area contributed by atoms with E-state index in [0.717, 1.165) is 11.3 Å². The normalized spacial score (nSPS) is 11.0. The van der Waals surface area contributed by atoms with E-state index in [2.05, 4.69) is 20.1 Å². The van der Waals surface area contributed by atoms with Crippen molar-refractivity contribution < 1.29 is 0 Å². The number of hydrogen-bond donors (Lipinski definition) is 1. The standard InChI is InChI=1S/C12H11N5O/c1-7-5-17(2)16-10(7)9-4-3-8-11(15-9)12(18)14-6-13-8/h3-6H,1-2H3,(H,13,14,18). The zero-order chi connectivity index (χ0) is 12.7. The number of nitrogens with zero attached hydrogens (tertiary/aromatic N) is 4. The van der Waals surface area contributed by atoms with E-state index in [1.165, 1.54) is 6.33 Å². The van der Waals surface area contributed by atoms with Gasteiger partial charge in [0.25, 0.3) is 5.56 Å². The van der Waals surface area contributed by atoms with Crippen LogP contribution in [0.5, 0.6) is 0 Å². The van der Waals surface area contributed by atoms with Crippen molar-refractivity contribution in [2.75, 3.05) is 0 Å². The molecule has 6 heteroatoms. The molecule has 1 N–H and O–H groups in total. The molecule has 3 aromatic rings. The van der Waals surface area contributed by atoms with Crippen molar-refractivity contribution in [2.24, 2.45) is 7.05 Å². The average molecular weight is 241 g/mol. The van der Waals surface area contributed by atoms with Gasteiger partial charge in [-0.2, -0.15) is 5.10 Å². The van der Waals surface area contributed by atoms with Crippen LogP contribution in [0.4, 0.5) is 0 Å².